The number of nitrogens with two attached hydrogens (primary N) is 1. The molecule has 9 heteroatoms. The van der Waals surface area contributed by atoms with Crippen LogP contribution in [0.2, 0.25) is 0 Å². The van der Waals surface area contributed by atoms with E-state index in [1.807, 2.05) is 22.6 Å². The second-order valence-electron chi connectivity index (χ2n) is 3.47. The van der Waals surface area contributed by atoms with Gasteiger partial charge in [0.25, 0.3) is 0 Å². The standard InChI is InChI=1S/C10H7FIN5O2/c11-5-1-2-7(6(12)3-5)15-9-8(17(18)19)4-14-10(13)16-9/h1-4H,(H3,13,14,15,16). The Morgan fingerprint density at radius 3 is 2.84 bits per heavy atom. The highest BCUT2D eigenvalue weighted by atomic mass is 127. The van der Waals surface area contributed by atoms with Crippen LogP contribution in [0, 0.1) is 19.5 Å². The lowest BCUT2D eigenvalue weighted by atomic mass is 10.3. The van der Waals surface area contributed by atoms with Crippen molar-refractivity contribution in [2.24, 2.45) is 0 Å². The van der Waals surface area contributed by atoms with Gasteiger partial charge in [0.05, 0.1) is 10.6 Å². The van der Waals surface area contributed by atoms with Gasteiger partial charge in [-0.3, -0.25) is 10.1 Å². The van der Waals surface area contributed by atoms with Gasteiger partial charge in [0.2, 0.25) is 11.8 Å². The zero-order valence-corrected chi connectivity index (χ0v) is 11.5. The van der Waals surface area contributed by atoms with E-state index < -0.39 is 10.7 Å². The molecule has 3 N–H and O–H groups in total. The molecule has 0 amide bonds. The largest absolute Gasteiger partial charge is 0.368 e. The lowest BCUT2D eigenvalue weighted by molar-refractivity contribution is -0.384. The van der Waals surface area contributed by atoms with Crippen LogP contribution in [0.25, 0.3) is 0 Å². The topological polar surface area (TPSA) is 107 Å². The number of nitrogens with zero attached hydrogens (tertiary/aromatic N) is 3. The summed E-state index contributed by atoms with van der Waals surface area (Å²) >= 11 is 1.90. The molecule has 1 aromatic heterocycles. The molecule has 0 radical (unpaired) electrons. The summed E-state index contributed by atoms with van der Waals surface area (Å²) in [4.78, 5) is 17.6. The Bertz CT molecular complexity index is 652. The van der Waals surface area contributed by atoms with Crippen molar-refractivity contribution in [3.05, 3.63) is 43.9 Å². The number of hydrogen-bond acceptors (Lipinski definition) is 6. The van der Waals surface area contributed by atoms with Gasteiger partial charge in [-0.1, -0.05) is 0 Å². The molecule has 19 heavy (non-hydrogen) atoms. The van der Waals surface area contributed by atoms with Gasteiger partial charge in [-0.05, 0) is 40.8 Å². The van der Waals surface area contributed by atoms with Crippen LogP contribution >= 0.6 is 22.6 Å². The maximum Gasteiger partial charge on any atom is 0.329 e. The number of benzene rings is 1. The number of anilines is 3. The maximum atomic E-state index is 13.0. The lowest BCUT2D eigenvalue weighted by Gasteiger charge is -2.08. The zero-order chi connectivity index (χ0) is 14.0. The van der Waals surface area contributed by atoms with Crippen LogP contribution in [0.3, 0.4) is 0 Å². The van der Waals surface area contributed by atoms with E-state index in [-0.39, 0.29) is 17.5 Å². The Labute approximate surface area is 120 Å². The molecule has 1 aromatic carbocycles. The minimum atomic E-state index is -0.627. The summed E-state index contributed by atoms with van der Waals surface area (Å²) in [5, 5.41) is 13.6. The molecular formula is C10H7FIN5O2. The Morgan fingerprint density at radius 1 is 1.47 bits per heavy atom. The van der Waals surface area contributed by atoms with Gasteiger partial charge in [-0.2, -0.15) is 4.98 Å². The third-order valence-corrected chi connectivity index (χ3v) is 3.06. The first-order valence-electron chi connectivity index (χ1n) is 4.96. The normalized spacial score (nSPS) is 10.2. The molecule has 0 saturated heterocycles. The third-order valence-electron chi connectivity index (χ3n) is 2.17. The van der Waals surface area contributed by atoms with Gasteiger partial charge in [0.1, 0.15) is 12.0 Å². The van der Waals surface area contributed by atoms with Crippen LogP contribution in [-0.2, 0) is 0 Å². The first-order chi connectivity index (χ1) is 8.97. The van der Waals surface area contributed by atoms with Crippen molar-refractivity contribution in [2.45, 2.75) is 0 Å². The molecule has 0 aliphatic heterocycles. The van der Waals surface area contributed by atoms with Gasteiger partial charge in [0, 0.05) is 3.57 Å². The van der Waals surface area contributed by atoms with Gasteiger partial charge < -0.3 is 11.1 Å². The minimum absolute atomic E-state index is 0.0398. The Kier molecular flexibility index (Phi) is 3.74. The van der Waals surface area contributed by atoms with Crippen LogP contribution < -0.4 is 11.1 Å². The van der Waals surface area contributed by atoms with Gasteiger partial charge in [-0.25, -0.2) is 9.37 Å². The molecule has 0 unspecified atom stereocenters. The molecule has 7 nitrogen and oxygen atoms in total. The summed E-state index contributed by atoms with van der Waals surface area (Å²) in [5.74, 6) is -0.529. The fourth-order valence-electron chi connectivity index (χ4n) is 1.33. The molecule has 2 aromatic rings. The average molecular weight is 375 g/mol. The molecule has 0 fully saturated rings. The predicted octanol–water partition coefficient (Wildman–Crippen LogP) is 2.45. The fourth-order valence-corrected chi connectivity index (χ4v) is 1.95. The molecule has 2 rings (SSSR count). The summed E-state index contributed by atoms with van der Waals surface area (Å²) in [6.07, 6.45) is 1.01. The Morgan fingerprint density at radius 2 is 2.21 bits per heavy atom. The van der Waals surface area contributed by atoms with Crippen molar-refractivity contribution in [2.75, 3.05) is 11.1 Å². The summed E-state index contributed by atoms with van der Waals surface area (Å²) in [5.41, 5.74) is 5.58. The smallest absolute Gasteiger partial charge is 0.329 e. The maximum absolute atomic E-state index is 13.0. The van der Waals surface area contributed by atoms with Gasteiger partial charge >= 0.3 is 5.69 Å². The van der Waals surface area contributed by atoms with Crippen LogP contribution in [0.4, 0.5) is 27.5 Å². The molecule has 0 saturated carbocycles. The van der Waals surface area contributed by atoms with Crippen LogP contribution in [-0.4, -0.2) is 14.9 Å². The fraction of sp³-hybridized carbons (Fsp3) is 0. The zero-order valence-electron chi connectivity index (χ0n) is 9.30. The molecule has 98 valence electrons. The molecule has 0 aliphatic rings. The summed E-state index contributed by atoms with van der Waals surface area (Å²) in [6, 6.07) is 3.99. The van der Waals surface area contributed by atoms with E-state index >= 15 is 0 Å². The van der Waals surface area contributed by atoms with E-state index in [0.29, 0.717) is 9.26 Å². The predicted molar refractivity (Wildman–Crippen MR) is 75.5 cm³/mol. The first-order valence-corrected chi connectivity index (χ1v) is 6.04. The number of aromatic nitrogens is 2. The van der Waals surface area contributed by atoms with Crippen molar-refractivity contribution in [3.63, 3.8) is 0 Å². The number of halogens is 2. The summed E-state index contributed by atoms with van der Waals surface area (Å²) < 4.78 is 13.5. The molecule has 0 spiro atoms. The second-order valence-corrected chi connectivity index (χ2v) is 4.63. The van der Waals surface area contributed by atoms with Crippen LogP contribution in [0.15, 0.2) is 24.4 Å². The number of rotatable bonds is 3. The van der Waals surface area contributed by atoms with E-state index in [0.717, 1.165) is 6.20 Å². The van der Waals surface area contributed by atoms with E-state index in [1.165, 1.54) is 18.2 Å². The van der Waals surface area contributed by atoms with Crippen molar-refractivity contribution in [1.29, 1.82) is 0 Å². The van der Waals surface area contributed by atoms with Crippen molar-refractivity contribution in [3.8, 4) is 0 Å². The number of nitrogen functional groups attached to an aromatic ring is 1. The Balaban J connectivity index is 2.42. The monoisotopic (exact) mass is 375 g/mol. The highest BCUT2D eigenvalue weighted by Gasteiger charge is 2.17. The molecular weight excluding hydrogens is 368 g/mol. The van der Waals surface area contributed by atoms with E-state index in [2.05, 4.69) is 15.3 Å². The second kappa shape index (κ2) is 5.30. The molecule has 1 heterocycles. The van der Waals surface area contributed by atoms with Crippen molar-refractivity contribution >= 4 is 45.7 Å². The number of nitrogens with one attached hydrogen (secondary N) is 1. The van der Waals surface area contributed by atoms with Crippen LogP contribution in [0.1, 0.15) is 0 Å². The average Bonchev–Trinajstić information content (AvgIpc) is 2.32. The summed E-state index contributed by atoms with van der Waals surface area (Å²) in [6.45, 7) is 0. The molecule has 0 bridgehead atoms. The SMILES string of the molecule is Nc1ncc([N+](=O)[O-])c(Nc2ccc(F)cc2I)n1. The minimum Gasteiger partial charge on any atom is -0.368 e. The van der Waals surface area contributed by atoms with E-state index in [4.69, 9.17) is 5.73 Å². The molecule has 0 atom stereocenters. The van der Waals surface area contributed by atoms with Gasteiger partial charge in [-0.15, -0.1) is 0 Å². The van der Waals surface area contributed by atoms with E-state index in [1.54, 1.807) is 0 Å². The third kappa shape index (κ3) is 3.05. The first kappa shape index (κ1) is 13.4. The highest BCUT2D eigenvalue weighted by Crippen LogP contribution is 2.28. The molecule has 0 aliphatic carbocycles. The number of hydrogen-bond donors (Lipinski definition) is 2. The number of nitro groups is 1. The van der Waals surface area contributed by atoms with E-state index in [9.17, 15) is 14.5 Å². The van der Waals surface area contributed by atoms with Crippen molar-refractivity contribution in [1.82, 2.24) is 9.97 Å². The van der Waals surface area contributed by atoms with Crippen molar-refractivity contribution < 1.29 is 9.31 Å². The van der Waals surface area contributed by atoms with Crippen LogP contribution in [0.5, 0.6) is 0 Å². The summed E-state index contributed by atoms with van der Waals surface area (Å²) in [7, 11) is 0. The Hall–Kier alpha value is -2.04. The lowest BCUT2D eigenvalue weighted by Crippen LogP contribution is -2.04. The van der Waals surface area contributed by atoms with Gasteiger partial charge in [0.15, 0.2) is 0 Å². The highest BCUT2D eigenvalue weighted by molar-refractivity contribution is 14.1. The quantitative estimate of drug-likeness (QED) is 0.485.